The van der Waals surface area contributed by atoms with E-state index in [2.05, 4.69) is 32.7 Å². The minimum absolute atomic E-state index is 0.0383. The summed E-state index contributed by atoms with van der Waals surface area (Å²) in [4.78, 5) is 53.6. The summed E-state index contributed by atoms with van der Waals surface area (Å²) >= 11 is 2.57. The first-order chi connectivity index (χ1) is 21.3. The maximum absolute atomic E-state index is 13.8. The standard InChI is InChI=1S/C33H47N3O7S2/c1-9-12-16-35-28(37)24(29(38)36(35)17-13-10-2)31-44-26-23(41-18-14-11-3)20-22(33(6,7)8)25(27(26)45-31)43-32(40)34-15-19-42-30(39)21(4)5/h20H,4,9-19H2,1-3,5-8H3,(H,34,40). The first-order valence-electron chi connectivity index (χ1n) is 15.7. The summed E-state index contributed by atoms with van der Waals surface area (Å²) in [5.41, 5.74) is 0.706. The molecule has 0 spiro atoms. The lowest BCUT2D eigenvalue weighted by molar-refractivity contribution is -0.147. The van der Waals surface area contributed by atoms with Gasteiger partial charge >= 0.3 is 12.1 Å². The molecule has 1 aromatic rings. The quantitative estimate of drug-likeness (QED) is 0.0922. The van der Waals surface area contributed by atoms with E-state index in [0.29, 0.717) is 45.2 Å². The van der Waals surface area contributed by atoms with Crippen LogP contribution >= 0.6 is 23.5 Å². The number of carbonyl (C=O) groups is 4. The van der Waals surface area contributed by atoms with Crippen LogP contribution in [0.3, 0.4) is 0 Å². The molecule has 10 nitrogen and oxygen atoms in total. The number of benzene rings is 1. The van der Waals surface area contributed by atoms with Crippen molar-refractivity contribution in [3.05, 3.63) is 33.6 Å². The molecular weight excluding hydrogens is 615 g/mol. The molecule has 0 aliphatic carbocycles. The summed E-state index contributed by atoms with van der Waals surface area (Å²) < 4.78 is 17.8. The first kappa shape index (κ1) is 36.3. The molecule has 1 aromatic carbocycles. The average molecular weight is 662 g/mol. The third-order valence-electron chi connectivity index (χ3n) is 7.10. The number of rotatable bonds is 15. The molecule has 1 fully saturated rings. The monoisotopic (exact) mass is 661 g/mol. The Bertz CT molecular complexity index is 1310. The molecule has 3 rings (SSSR count). The van der Waals surface area contributed by atoms with Gasteiger partial charge in [0, 0.05) is 24.2 Å². The SMILES string of the molecule is C=C(C)C(=O)OCCNC(=O)Oc1c(C(C)(C)C)cc(OCCCC)c2c1SC(=C1C(=O)N(CCCC)N(CCCC)C1=O)S2. The van der Waals surface area contributed by atoms with Crippen molar-refractivity contribution in [3.8, 4) is 11.5 Å². The van der Waals surface area contributed by atoms with Crippen LogP contribution in [-0.2, 0) is 24.5 Å². The molecule has 0 aromatic heterocycles. The van der Waals surface area contributed by atoms with Crippen LogP contribution in [0.4, 0.5) is 4.79 Å². The van der Waals surface area contributed by atoms with Gasteiger partial charge in [0.2, 0.25) is 0 Å². The van der Waals surface area contributed by atoms with Crippen molar-refractivity contribution in [3.63, 3.8) is 0 Å². The topological polar surface area (TPSA) is 114 Å². The number of fused-ring (bicyclic) bond motifs is 1. The Morgan fingerprint density at radius 1 is 0.911 bits per heavy atom. The van der Waals surface area contributed by atoms with E-state index in [1.807, 2.05) is 26.8 Å². The third-order valence-corrected chi connectivity index (χ3v) is 9.71. The smallest absolute Gasteiger partial charge is 0.412 e. The Balaban J connectivity index is 2.03. The molecule has 248 valence electrons. The van der Waals surface area contributed by atoms with E-state index in [1.54, 1.807) is 16.9 Å². The highest BCUT2D eigenvalue weighted by Crippen LogP contribution is 2.61. The number of hydrogen-bond acceptors (Lipinski definition) is 9. The zero-order chi connectivity index (χ0) is 33.3. The van der Waals surface area contributed by atoms with E-state index in [1.165, 1.54) is 23.5 Å². The van der Waals surface area contributed by atoms with Crippen LogP contribution < -0.4 is 14.8 Å². The van der Waals surface area contributed by atoms with Crippen LogP contribution in [0.25, 0.3) is 0 Å². The van der Waals surface area contributed by atoms with Gasteiger partial charge in [0.1, 0.15) is 17.9 Å². The highest BCUT2D eigenvalue weighted by Gasteiger charge is 2.45. The van der Waals surface area contributed by atoms with Gasteiger partial charge in [0.05, 0.1) is 27.2 Å². The molecule has 0 bridgehead atoms. The maximum atomic E-state index is 13.8. The molecule has 0 unspecified atom stereocenters. The van der Waals surface area contributed by atoms with Gasteiger partial charge in [-0.1, -0.05) is 90.9 Å². The van der Waals surface area contributed by atoms with Crippen molar-refractivity contribution in [2.24, 2.45) is 0 Å². The van der Waals surface area contributed by atoms with Crippen LogP contribution in [0, 0.1) is 0 Å². The summed E-state index contributed by atoms with van der Waals surface area (Å²) in [5.74, 6) is -0.182. The Labute approximate surface area is 275 Å². The average Bonchev–Trinajstić information content (AvgIpc) is 3.51. The first-order valence-corrected chi connectivity index (χ1v) is 17.3. The number of thioether (sulfide) groups is 2. The summed E-state index contributed by atoms with van der Waals surface area (Å²) in [6.45, 7) is 18.8. The molecule has 45 heavy (non-hydrogen) atoms. The fourth-order valence-corrected chi connectivity index (χ4v) is 7.22. The normalized spacial score (nSPS) is 14.6. The molecule has 2 heterocycles. The maximum Gasteiger partial charge on any atom is 0.412 e. The number of hydrazine groups is 1. The van der Waals surface area contributed by atoms with Gasteiger partial charge in [0.25, 0.3) is 11.8 Å². The Morgan fingerprint density at radius 2 is 1.49 bits per heavy atom. The number of amides is 3. The third kappa shape index (κ3) is 9.00. The van der Waals surface area contributed by atoms with Crippen LogP contribution in [0.2, 0.25) is 0 Å². The van der Waals surface area contributed by atoms with Crippen LogP contribution in [0.15, 0.2) is 37.8 Å². The second kappa shape index (κ2) is 16.4. The van der Waals surface area contributed by atoms with Crippen LogP contribution in [0.5, 0.6) is 11.5 Å². The minimum Gasteiger partial charge on any atom is -0.492 e. The number of hydrogen-bond donors (Lipinski definition) is 1. The molecule has 12 heteroatoms. The highest BCUT2D eigenvalue weighted by molar-refractivity contribution is 8.25. The molecule has 0 atom stereocenters. The van der Waals surface area contributed by atoms with E-state index in [9.17, 15) is 19.2 Å². The van der Waals surface area contributed by atoms with Crippen molar-refractivity contribution in [2.75, 3.05) is 32.8 Å². The van der Waals surface area contributed by atoms with Gasteiger partial charge in [0.15, 0.2) is 5.75 Å². The summed E-state index contributed by atoms with van der Waals surface area (Å²) in [6, 6.07) is 1.90. The Hall–Kier alpha value is -3.12. The predicted octanol–water partition coefficient (Wildman–Crippen LogP) is 6.97. The zero-order valence-corrected chi connectivity index (χ0v) is 29.3. The Morgan fingerprint density at radius 3 is 2.02 bits per heavy atom. The fourth-order valence-electron chi connectivity index (χ4n) is 4.54. The molecule has 1 N–H and O–H groups in total. The zero-order valence-electron chi connectivity index (χ0n) is 27.6. The number of nitrogens with one attached hydrogen (secondary N) is 1. The number of ether oxygens (including phenoxy) is 3. The number of carbonyl (C=O) groups excluding carboxylic acids is 4. The largest absolute Gasteiger partial charge is 0.492 e. The highest BCUT2D eigenvalue weighted by atomic mass is 32.2. The molecule has 0 radical (unpaired) electrons. The van der Waals surface area contributed by atoms with Gasteiger partial charge in [-0.15, -0.1) is 0 Å². The van der Waals surface area contributed by atoms with Gasteiger partial charge in [-0.3, -0.25) is 9.59 Å². The van der Waals surface area contributed by atoms with Gasteiger partial charge in [-0.25, -0.2) is 19.6 Å². The van der Waals surface area contributed by atoms with Crippen LogP contribution in [-0.4, -0.2) is 66.7 Å². The molecule has 0 saturated carbocycles. The predicted molar refractivity (Wildman–Crippen MR) is 177 cm³/mol. The lowest BCUT2D eigenvalue weighted by Gasteiger charge is -2.27. The second-order valence-electron chi connectivity index (χ2n) is 12.0. The van der Waals surface area contributed by atoms with Crippen molar-refractivity contribution in [1.82, 2.24) is 15.3 Å². The van der Waals surface area contributed by atoms with E-state index in [0.717, 1.165) is 44.1 Å². The van der Waals surface area contributed by atoms with Crippen molar-refractivity contribution in [1.29, 1.82) is 0 Å². The number of esters is 1. The lowest BCUT2D eigenvalue weighted by Crippen LogP contribution is -2.42. The number of unbranched alkanes of at least 4 members (excludes halogenated alkanes) is 3. The van der Waals surface area contributed by atoms with Crippen molar-refractivity contribution in [2.45, 2.75) is 102 Å². The van der Waals surface area contributed by atoms with E-state index in [-0.39, 0.29) is 36.1 Å². The molecule has 1 saturated heterocycles. The van der Waals surface area contributed by atoms with Gasteiger partial charge in [-0.05, 0) is 37.7 Å². The molecule has 2 aliphatic heterocycles. The molecular formula is C33H47N3O7S2. The van der Waals surface area contributed by atoms with Gasteiger partial charge in [-0.2, -0.15) is 0 Å². The van der Waals surface area contributed by atoms with E-state index < -0.39 is 17.5 Å². The molecule has 3 amide bonds. The lowest BCUT2D eigenvalue weighted by atomic mass is 9.86. The van der Waals surface area contributed by atoms with Crippen molar-refractivity contribution < 1.29 is 33.4 Å². The van der Waals surface area contributed by atoms with E-state index in [4.69, 9.17) is 14.2 Å². The number of nitrogens with zero attached hydrogens (tertiary/aromatic N) is 2. The van der Waals surface area contributed by atoms with Gasteiger partial charge < -0.3 is 19.5 Å². The fraction of sp³-hybridized carbons (Fsp3) is 0.576. The summed E-state index contributed by atoms with van der Waals surface area (Å²) in [6.07, 6.45) is 4.46. The summed E-state index contributed by atoms with van der Waals surface area (Å²) in [5, 5.41) is 5.80. The second-order valence-corrected chi connectivity index (χ2v) is 14.3. The van der Waals surface area contributed by atoms with Crippen LogP contribution in [0.1, 0.15) is 92.6 Å². The summed E-state index contributed by atoms with van der Waals surface area (Å²) in [7, 11) is 0. The molecule has 2 aliphatic rings. The van der Waals surface area contributed by atoms with E-state index >= 15 is 0 Å². The van der Waals surface area contributed by atoms with Crippen molar-refractivity contribution >= 4 is 47.4 Å². The minimum atomic E-state index is -0.718. The Kier molecular flexibility index (Phi) is 13.3.